The van der Waals surface area contributed by atoms with Gasteiger partial charge in [0.25, 0.3) is 0 Å². The van der Waals surface area contributed by atoms with Gasteiger partial charge in [-0.3, -0.25) is 9.59 Å². The summed E-state index contributed by atoms with van der Waals surface area (Å²) in [4.78, 5) is 25.7. The second-order valence-corrected chi connectivity index (χ2v) is 7.87. The Bertz CT molecular complexity index is 791. The minimum absolute atomic E-state index is 0.0365. The summed E-state index contributed by atoms with van der Waals surface area (Å²) >= 11 is 12.3. The Labute approximate surface area is 164 Å². The first-order valence-electron chi connectivity index (χ1n) is 8.22. The van der Waals surface area contributed by atoms with Crippen LogP contribution in [-0.4, -0.2) is 18.4 Å². The van der Waals surface area contributed by atoms with Crippen LogP contribution in [0.4, 0.5) is 11.4 Å². The van der Waals surface area contributed by atoms with E-state index < -0.39 is 0 Å². The molecule has 0 spiro atoms. The third kappa shape index (κ3) is 4.99. The van der Waals surface area contributed by atoms with E-state index in [-0.39, 0.29) is 23.8 Å². The number of carbonyl (C=O) groups is 2. The highest BCUT2D eigenvalue weighted by Gasteiger charge is 2.21. The average Bonchev–Trinajstić information content (AvgIpc) is 2.53. The van der Waals surface area contributed by atoms with Crippen molar-refractivity contribution >= 4 is 46.4 Å². The molecule has 26 heavy (non-hydrogen) atoms. The molecule has 2 aromatic rings. The molecule has 0 atom stereocenters. The fraction of sp³-hybridized carbons (Fsp3) is 0.300. The molecule has 138 valence electrons. The van der Waals surface area contributed by atoms with E-state index in [2.05, 4.69) is 26.1 Å². The molecular formula is C20H22Cl2N2O2. The van der Waals surface area contributed by atoms with Crippen molar-refractivity contribution in [2.45, 2.75) is 33.1 Å². The molecule has 0 aliphatic heterocycles. The molecule has 2 amide bonds. The van der Waals surface area contributed by atoms with Gasteiger partial charge in [0.15, 0.2) is 0 Å². The zero-order valence-corrected chi connectivity index (χ0v) is 16.8. The van der Waals surface area contributed by atoms with Crippen molar-refractivity contribution < 1.29 is 9.59 Å². The molecule has 4 nitrogen and oxygen atoms in total. The number of amides is 2. The van der Waals surface area contributed by atoms with Crippen LogP contribution in [0.25, 0.3) is 0 Å². The fourth-order valence-corrected chi connectivity index (χ4v) is 3.09. The van der Waals surface area contributed by atoms with Crippen LogP contribution < -0.4 is 10.2 Å². The Morgan fingerprint density at radius 2 is 1.54 bits per heavy atom. The van der Waals surface area contributed by atoms with E-state index in [4.69, 9.17) is 23.2 Å². The number of anilines is 2. The van der Waals surface area contributed by atoms with Crippen LogP contribution in [0.1, 0.15) is 33.3 Å². The van der Waals surface area contributed by atoms with Gasteiger partial charge in [0.1, 0.15) is 6.54 Å². The lowest BCUT2D eigenvalue weighted by atomic mass is 9.87. The van der Waals surface area contributed by atoms with Crippen LogP contribution in [0.3, 0.4) is 0 Å². The minimum atomic E-state index is -0.334. The Kier molecular flexibility index (Phi) is 6.32. The minimum Gasteiger partial charge on any atom is -0.325 e. The van der Waals surface area contributed by atoms with Gasteiger partial charge in [0, 0.05) is 12.6 Å². The number of carbonyl (C=O) groups excluding carboxylic acids is 2. The predicted octanol–water partition coefficient (Wildman–Crippen LogP) is 5.28. The van der Waals surface area contributed by atoms with Crippen LogP contribution in [0.2, 0.25) is 10.0 Å². The molecule has 0 unspecified atom stereocenters. The van der Waals surface area contributed by atoms with Gasteiger partial charge in [-0.1, -0.05) is 62.2 Å². The molecule has 1 N–H and O–H groups in total. The Morgan fingerprint density at radius 1 is 1.00 bits per heavy atom. The number of hydrogen-bond donors (Lipinski definition) is 1. The third-order valence-electron chi connectivity index (χ3n) is 3.92. The molecule has 0 saturated carbocycles. The smallest absolute Gasteiger partial charge is 0.244 e. The molecule has 0 saturated heterocycles. The number of nitrogens with one attached hydrogen (secondary N) is 1. The van der Waals surface area contributed by atoms with Crippen molar-refractivity contribution in [2.75, 3.05) is 16.8 Å². The van der Waals surface area contributed by atoms with Crippen LogP contribution in [-0.2, 0) is 15.0 Å². The number of nitrogens with zero attached hydrogens (tertiary/aromatic N) is 1. The van der Waals surface area contributed by atoms with E-state index in [1.807, 2.05) is 24.3 Å². The van der Waals surface area contributed by atoms with Crippen molar-refractivity contribution in [2.24, 2.45) is 0 Å². The second kappa shape index (κ2) is 8.11. The van der Waals surface area contributed by atoms with Crippen LogP contribution >= 0.6 is 23.2 Å². The maximum absolute atomic E-state index is 12.4. The van der Waals surface area contributed by atoms with E-state index in [9.17, 15) is 9.59 Å². The molecule has 0 fully saturated rings. The van der Waals surface area contributed by atoms with Crippen LogP contribution in [0.15, 0.2) is 42.5 Å². The summed E-state index contributed by atoms with van der Waals surface area (Å²) in [5.74, 6) is -0.655. The van der Waals surface area contributed by atoms with E-state index in [0.717, 1.165) is 0 Å². The quantitative estimate of drug-likeness (QED) is 0.768. The first kappa shape index (κ1) is 20.3. The highest BCUT2D eigenvalue weighted by Crippen LogP contribution is 2.33. The standard InChI is InChI=1S/C20H22Cl2N2O2/c1-13(25)24(19-16(21)6-5-7-17(19)22)12-18(26)23-15-10-8-14(9-11-15)20(2,3)4/h5-11H,12H2,1-4H3,(H,23,26). The number of benzene rings is 2. The molecule has 0 heterocycles. The fourth-order valence-electron chi connectivity index (χ4n) is 2.49. The predicted molar refractivity (Wildman–Crippen MR) is 108 cm³/mol. The zero-order chi connectivity index (χ0) is 19.5. The molecule has 0 bridgehead atoms. The Balaban J connectivity index is 2.15. The Morgan fingerprint density at radius 3 is 2.00 bits per heavy atom. The van der Waals surface area contributed by atoms with Gasteiger partial charge in [-0.2, -0.15) is 0 Å². The van der Waals surface area contributed by atoms with Crippen molar-refractivity contribution in [3.05, 3.63) is 58.1 Å². The Hall–Kier alpha value is -2.04. The highest BCUT2D eigenvalue weighted by molar-refractivity contribution is 6.40. The molecule has 2 rings (SSSR count). The second-order valence-electron chi connectivity index (χ2n) is 7.05. The van der Waals surface area contributed by atoms with Crippen molar-refractivity contribution in [1.29, 1.82) is 0 Å². The summed E-state index contributed by atoms with van der Waals surface area (Å²) in [6, 6.07) is 12.6. The van der Waals surface area contributed by atoms with Gasteiger partial charge < -0.3 is 10.2 Å². The van der Waals surface area contributed by atoms with Gasteiger partial charge in [-0.15, -0.1) is 0 Å². The lowest BCUT2D eigenvalue weighted by Crippen LogP contribution is -2.37. The first-order chi connectivity index (χ1) is 12.1. The molecule has 0 radical (unpaired) electrons. The summed E-state index contributed by atoms with van der Waals surface area (Å²) in [7, 11) is 0. The van der Waals surface area contributed by atoms with E-state index in [1.165, 1.54) is 17.4 Å². The van der Waals surface area contributed by atoms with Gasteiger partial charge in [0.05, 0.1) is 15.7 Å². The third-order valence-corrected chi connectivity index (χ3v) is 4.53. The summed E-state index contributed by atoms with van der Waals surface area (Å²) in [5, 5.41) is 3.43. The van der Waals surface area contributed by atoms with E-state index in [0.29, 0.717) is 21.4 Å². The molecule has 6 heteroatoms. The van der Waals surface area contributed by atoms with Gasteiger partial charge >= 0.3 is 0 Å². The monoisotopic (exact) mass is 392 g/mol. The topological polar surface area (TPSA) is 49.4 Å². The summed E-state index contributed by atoms with van der Waals surface area (Å²) in [6.45, 7) is 7.56. The normalized spacial score (nSPS) is 11.2. The highest BCUT2D eigenvalue weighted by atomic mass is 35.5. The number of halogens is 2. The van der Waals surface area contributed by atoms with Crippen molar-refractivity contribution in [3.8, 4) is 0 Å². The molecule has 2 aromatic carbocycles. The van der Waals surface area contributed by atoms with Gasteiger partial charge in [0.2, 0.25) is 11.8 Å². The molecule has 0 aliphatic carbocycles. The molecule has 0 aromatic heterocycles. The number of hydrogen-bond acceptors (Lipinski definition) is 2. The average molecular weight is 393 g/mol. The molecule has 0 aliphatic rings. The van der Waals surface area contributed by atoms with Gasteiger partial charge in [-0.05, 0) is 35.2 Å². The lowest BCUT2D eigenvalue weighted by molar-refractivity contribution is -0.120. The molecular weight excluding hydrogens is 371 g/mol. The SMILES string of the molecule is CC(=O)N(CC(=O)Nc1ccc(C(C)(C)C)cc1)c1c(Cl)cccc1Cl. The number of rotatable bonds is 4. The maximum atomic E-state index is 12.4. The summed E-state index contributed by atoms with van der Waals surface area (Å²) in [6.07, 6.45) is 0. The van der Waals surface area contributed by atoms with Crippen LogP contribution in [0, 0.1) is 0 Å². The number of para-hydroxylation sites is 1. The van der Waals surface area contributed by atoms with Crippen molar-refractivity contribution in [3.63, 3.8) is 0 Å². The summed E-state index contributed by atoms with van der Waals surface area (Å²) in [5.41, 5.74) is 2.21. The zero-order valence-electron chi connectivity index (χ0n) is 15.3. The lowest BCUT2D eigenvalue weighted by Gasteiger charge is -2.23. The maximum Gasteiger partial charge on any atom is 0.244 e. The van der Waals surface area contributed by atoms with Crippen molar-refractivity contribution in [1.82, 2.24) is 0 Å². The largest absolute Gasteiger partial charge is 0.325 e. The van der Waals surface area contributed by atoms with E-state index >= 15 is 0 Å². The van der Waals surface area contributed by atoms with Crippen LogP contribution in [0.5, 0.6) is 0 Å². The van der Waals surface area contributed by atoms with E-state index in [1.54, 1.807) is 18.2 Å². The first-order valence-corrected chi connectivity index (χ1v) is 8.97. The summed E-state index contributed by atoms with van der Waals surface area (Å²) < 4.78 is 0. The van der Waals surface area contributed by atoms with Gasteiger partial charge in [-0.25, -0.2) is 0 Å².